The van der Waals surface area contributed by atoms with Crippen molar-refractivity contribution in [2.75, 3.05) is 5.75 Å². The van der Waals surface area contributed by atoms with Crippen LogP contribution in [0.15, 0.2) is 76.8 Å². The number of fused-ring (bicyclic) bond motifs is 1. The third-order valence-corrected chi connectivity index (χ3v) is 5.90. The van der Waals surface area contributed by atoms with Crippen molar-refractivity contribution in [2.45, 2.75) is 38.0 Å². The number of carbonyl (C=O) groups excluding carboxylic acids is 1. The topological polar surface area (TPSA) is 83.9 Å². The standard InChI is InChI=1S/C24H25N5O2S/c1-24(2,3)28(15-17-10-6-4-7-11-17)20(30)16-32-23-26-21-19(22(31)27-23)14-25-29(21)18-12-8-5-9-13-18/h4-14H,15-16H2,1-3H3,(H,26,27,31). The molecular formula is C24H25N5O2S. The summed E-state index contributed by atoms with van der Waals surface area (Å²) in [7, 11) is 0. The third-order valence-electron chi connectivity index (χ3n) is 5.04. The number of aromatic amines is 1. The summed E-state index contributed by atoms with van der Waals surface area (Å²) in [6.07, 6.45) is 1.51. The lowest BCUT2D eigenvalue weighted by molar-refractivity contribution is -0.133. The fourth-order valence-electron chi connectivity index (χ4n) is 3.40. The summed E-state index contributed by atoms with van der Waals surface area (Å²) in [5, 5.41) is 5.12. The first-order valence-electron chi connectivity index (χ1n) is 10.3. The van der Waals surface area contributed by atoms with Crippen molar-refractivity contribution in [1.82, 2.24) is 24.6 Å². The lowest BCUT2D eigenvalue weighted by Crippen LogP contribution is -2.45. The number of benzene rings is 2. The molecular weight excluding hydrogens is 422 g/mol. The minimum absolute atomic E-state index is 0.0225. The molecule has 0 saturated carbocycles. The smallest absolute Gasteiger partial charge is 0.262 e. The van der Waals surface area contributed by atoms with Crippen molar-refractivity contribution in [2.24, 2.45) is 0 Å². The van der Waals surface area contributed by atoms with Crippen LogP contribution in [0.3, 0.4) is 0 Å². The molecule has 4 aromatic rings. The Morgan fingerprint density at radius 2 is 1.72 bits per heavy atom. The molecule has 7 nitrogen and oxygen atoms in total. The first-order valence-corrected chi connectivity index (χ1v) is 11.3. The summed E-state index contributed by atoms with van der Waals surface area (Å²) >= 11 is 1.22. The van der Waals surface area contributed by atoms with Crippen molar-refractivity contribution in [3.05, 3.63) is 82.8 Å². The van der Waals surface area contributed by atoms with Gasteiger partial charge in [-0.1, -0.05) is 60.3 Å². The molecule has 0 fully saturated rings. The molecule has 4 rings (SSSR count). The number of carbonyl (C=O) groups is 1. The van der Waals surface area contributed by atoms with Gasteiger partial charge in [-0.05, 0) is 38.5 Å². The van der Waals surface area contributed by atoms with Crippen molar-refractivity contribution in [1.29, 1.82) is 0 Å². The Kier molecular flexibility index (Phi) is 6.14. The number of hydrogen-bond donors (Lipinski definition) is 1. The van der Waals surface area contributed by atoms with Crippen LogP contribution in [0.5, 0.6) is 0 Å². The number of nitrogens with zero attached hydrogens (tertiary/aromatic N) is 4. The van der Waals surface area contributed by atoms with E-state index < -0.39 is 0 Å². The van der Waals surface area contributed by atoms with Crippen LogP contribution >= 0.6 is 11.8 Å². The summed E-state index contributed by atoms with van der Waals surface area (Å²) in [6.45, 7) is 6.57. The maximum atomic E-state index is 13.1. The average molecular weight is 448 g/mol. The van der Waals surface area contributed by atoms with E-state index in [1.165, 1.54) is 18.0 Å². The molecule has 0 spiro atoms. The van der Waals surface area contributed by atoms with E-state index in [0.29, 0.717) is 22.7 Å². The van der Waals surface area contributed by atoms with Gasteiger partial charge in [-0.25, -0.2) is 9.67 Å². The van der Waals surface area contributed by atoms with Crippen molar-refractivity contribution in [3.63, 3.8) is 0 Å². The summed E-state index contributed by atoms with van der Waals surface area (Å²) < 4.78 is 1.63. The van der Waals surface area contributed by atoms with Gasteiger partial charge in [0.2, 0.25) is 5.91 Å². The number of para-hydroxylation sites is 1. The first kappa shape index (κ1) is 21.8. The second-order valence-corrected chi connectivity index (χ2v) is 9.39. The molecule has 0 aliphatic carbocycles. The van der Waals surface area contributed by atoms with E-state index in [0.717, 1.165) is 11.3 Å². The molecule has 0 bridgehead atoms. The maximum absolute atomic E-state index is 13.1. The highest BCUT2D eigenvalue weighted by Crippen LogP contribution is 2.22. The van der Waals surface area contributed by atoms with Crippen LogP contribution in [0.2, 0.25) is 0 Å². The normalized spacial score (nSPS) is 11.6. The van der Waals surface area contributed by atoms with Crippen molar-refractivity contribution < 1.29 is 4.79 Å². The number of hydrogen-bond acceptors (Lipinski definition) is 5. The molecule has 32 heavy (non-hydrogen) atoms. The molecule has 2 aromatic heterocycles. The Morgan fingerprint density at radius 1 is 1.06 bits per heavy atom. The van der Waals surface area contributed by atoms with Gasteiger partial charge in [0.05, 0.1) is 17.6 Å². The molecule has 0 atom stereocenters. The van der Waals surface area contributed by atoms with Gasteiger partial charge >= 0.3 is 0 Å². The van der Waals surface area contributed by atoms with Crippen LogP contribution in [0.4, 0.5) is 0 Å². The van der Waals surface area contributed by atoms with Crippen LogP contribution < -0.4 is 5.56 Å². The molecule has 2 heterocycles. The number of nitrogens with one attached hydrogen (secondary N) is 1. The van der Waals surface area contributed by atoms with Gasteiger partial charge in [-0.3, -0.25) is 9.59 Å². The average Bonchev–Trinajstić information content (AvgIpc) is 3.21. The van der Waals surface area contributed by atoms with E-state index in [9.17, 15) is 9.59 Å². The molecule has 164 valence electrons. The Balaban J connectivity index is 1.56. The molecule has 8 heteroatoms. The second kappa shape index (κ2) is 9.00. The van der Waals surface area contributed by atoms with Gasteiger partial charge in [0, 0.05) is 12.1 Å². The van der Waals surface area contributed by atoms with Crippen LogP contribution in [-0.2, 0) is 11.3 Å². The highest BCUT2D eigenvalue weighted by atomic mass is 32.2. The Labute approximate surface area is 190 Å². The van der Waals surface area contributed by atoms with Crippen molar-refractivity contribution in [3.8, 4) is 5.69 Å². The summed E-state index contributed by atoms with van der Waals surface area (Å²) in [6, 6.07) is 19.4. The zero-order valence-electron chi connectivity index (χ0n) is 18.3. The molecule has 0 aliphatic heterocycles. The Morgan fingerprint density at radius 3 is 2.38 bits per heavy atom. The van der Waals surface area contributed by atoms with Crippen LogP contribution in [0, 0.1) is 0 Å². The highest BCUT2D eigenvalue weighted by Gasteiger charge is 2.26. The van der Waals surface area contributed by atoms with Gasteiger partial charge < -0.3 is 9.88 Å². The van der Waals surface area contributed by atoms with Gasteiger partial charge in [-0.15, -0.1) is 0 Å². The van der Waals surface area contributed by atoms with Gasteiger partial charge in [0.1, 0.15) is 5.39 Å². The number of H-pyrrole nitrogens is 1. The molecule has 0 radical (unpaired) electrons. The van der Waals surface area contributed by atoms with E-state index in [2.05, 4.69) is 15.1 Å². The molecule has 0 aliphatic rings. The summed E-state index contributed by atoms with van der Waals surface area (Å²) in [5.74, 6) is 0.142. The zero-order chi connectivity index (χ0) is 22.7. The maximum Gasteiger partial charge on any atom is 0.262 e. The third kappa shape index (κ3) is 4.75. The van der Waals surface area contributed by atoms with E-state index in [1.807, 2.05) is 86.3 Å². The lowest BCUT2D eigenvalue weighted by atomic mass is 10.0. The van der Waals surface area contributed by atoms with Crippen molar-refractivity contribution >= 4 is 28.7 Å². The molecule has 0 saturated heterocycles. The number of rotatable bonds is 6. The quantitative estimate of drug-likeness (QED) is 0.356. The summed E-state index contributed by atoms with van der Waals surface area (Å²) in [5.41, 5.74) is 1.73. The minimum atomic E-state index is -0.343. The fourth-order valence-corrected chi connectivity index (χ4v) is 4.13. The summed E-state index contributed by atoms with van der Waals surface area (Å²) in [4.78, 5) is 34.9. The largest absolute Gasteiger partial charge is 0.333 e. The van der Waals surface area contributed by atoms with Crippen LogP contribution in [-0.4, -0.2) is 41.8 Å². The number of aromatic nitrogens is 4. The van der Waals surface area contributed by atoms with E-state index >= 15 is 0 Å². The second-order valence-electron chi connectivity index (χ2n) is 8.43. The van der Waals surface area contributed by atoms with Gasteiger partial charge in [0.25, 0.3) is 5.56 Å². The fraction of sp³-hybridized carbons (Fsp3) is 0.250. The Hall–Kier alpha value is -3.39. The first-order chi connectivity index (χ1) is 15.3. The van der Waals surface area contributed by atoms with Gasteiger partial charge in [0.15, 0.2) is 10.8 Å². The van der Waals surface area contributed by atoms with Gasteiger partial charge in [-0.2, -0.15) is 5.10 Å². The number of amides is 1. The SMILES string of the molecule is CC(C)(C)N(Cc1ccccc1)C(=O)CSc1nc2c(cnn2-c2ccccc2)c(=O)[nH]1. The molecule has 1 amide bonds. The monoisotopic (exact) mass is 447 g/mol. The van der Waals surface area contributed by atoms with E-state index in [1.54, 1.807) is 4.68 Å². The van der Waals surface area contributed by atoms with Crippen LogP contribution in [0.25, 0.3) is 16.7 Å². The van der Waals surface area contributed by atoms with Crippen LogP contribution in [0.1, 0.15) is 26.3 Å². The van der Waals surface area contributed by atoms with E-state index in [4.69, 9.17) is 0 Å². The zero-order valence-corrected chi connectivity index (χ0v) is 19.1. The molecule has 1 N–H and O–H groups in total. The molecule has 2 aromatic carbocycles. The minimum Gasteiger partial charge on any atom is -0.333 e. The van der Waals surface area contributed by atoms with E-state index in [-0.39, 0.29) is 22.8 Å². The molecule has 0 unspecified atom stereocenters. The predicted molar refractivity (Wildman–Crippen MR) is 127 cm³/mol. The number of thioether (sulfide) groups is 1. The lowest BCUT2D eigenvalue weighted by Gasteiger charge is -2.36. The highest BCUT2D eigenvalue weighted by molar-refractivity contribution is 7.99. The predicted octanol–water partition coefficient (Wildman–Crippen LogP) is 4.03. The Bertz CT molecular complexity index is 1280.